The summed E-state index contributed by atoms with van der Waals surface area (Å²) >= 11 is 0. The first-order valence-electron chi connectivity index (χ1n) is 8.06. The molecule has 1 heterocycles. The van der Waals surface area contributed by atoms with Gasteiger partial charge >= 0.3 is 0 Å². The third kappa shape index (κ3) is 5.25. The predicted octanol–water partition coefficient (Wildman–Crippen LogP) is -0.559. The maximum absolute atomic E-state index is 12.6. The fraction of sp³-hybridized carbons (Fsp3) is 0.500. The standard InChI is InChI=1S/C16H24N4O4S/c1-18(2)7-6-17-25(23,24)15-5-3-4-14(12-15)16(22)20-10-8-19(13-21)9-11-20/h3-5,12-13,17H,6-11H2,1-2H3. The number of piperazine rings is 1. The van der Waals surface area contributed by atoms with Gasteiger partial charge in [-0.15, -0.1) is 0 Å². The van der Waals surface area contributed by atoms with Crippen LogP contribution in [0.1, 0.15) is 10.4 Å². The van der Waals surface area contributed by atoms with Crippen molar-refractivity contribution in [1.29, 1.82) is 0 Å². The summed E-state index contributed by atoms with van der Waals surface area (Å²) < 4.78 is 27.2. The molecule has 0 saturated carbocycles. The van der Waals surface area contributed by atoms with E-state index in [0.29, 0.717) is 44.8 Å². The van der Waals surface area contributed by atoms with Gasteiger partial charge in [-0.3, -0.25) is 9.59 Å². The summed E-state index contributed by atoms with van der Waals surface area (Å²) in [6, 6.07) is 6.04. The molecule has 8 nitrogen and oxygen atoms in total. The summed E-state index contributed by atoms with van der Waals surface area (Å²) in [5, 5.41) is 0. The van der Waals surface area contributed by atoms with Crippen molar-refractivity contribution in [3.8, 4) is 0 Å². The summed E-state index contributed by atoms with van der Waals surface area (Å²) in [7, 11) is 0.0608. The molecule has 1 fully saturated rings. The highest BCUT2D eigenvalue weighted by Crippen LogP contribution is 2.14. The molecule has 1 aromatic carbocycles. The largest absolute Gasteiger partial charge is 0.342 e. The van der Waals surface area contributed by atoms with Crippen molar-refractivity contribution in [2.75, 3.05) is 53.4 Å². The van der Waals surface area contributed by atoms with E-state index in [1.165, 1.54) is 12.1 Å². The topological polar surface area (TPSA) is 90.0 Å². The van der Waals surface area contributed by atoms with Crippen molar-refractivity contribution < 1.29 is 18.0 Å². The number of hydrogen-bond donors (Lipinski definition) is 1. The van der Waals surface area contributed by atoms with Crippen molar-refractivity contribution in [3.63, 3.8) is 0 Å². The van der Waals surface area contributed by atoms with Crippen LogP contribution in [0.2, 0.25) is 0 Å². The zero-order chi connectivity index (χ0) is 18.4. The van der Waals surface area contributed by atoms with Gasteiger partial charge in [0, 0.05) is 44.8 Å². The van der Waals surface area contributed by atoms with Gasteiger partial charge in [0.25, 0.3) is 5.91 Å². The number of rotatable bonds is 7. The van der Waals surface area contributed by atoms with Crippen LogP contribution in [0, 0.1) is 0 Å². The van der Waals surface area contributed by atoms with Gasteiger partial charge in [-0.25, -0.2) is 13.1 Å². The first-order chi connectivity index (χ1) is 11.8. The molecule has 0 atom stereocenters. The SMILES string of the molecule is CN(C)CCNS(=O)(=O)c1cccc(C(=O)N2CCN(C=O)CC2)c1. The van der Waals surface area contributed by atoms with Gasteiger partial charge in [0.2, 0.25) is 16.4 Å². The van der Waals surface area contributed by atoms with Crippen LogP contribution in [0.5, 0.6) is 0 Å². The van der Waals surface area contributed by atoms with Crippen LogP contribution in [-0.4, -0.2) is 88.8 Å². The Morgan fingerprint density at radius 3 is 2.52 bits per heavy atom. The normalized spacial score (nSPS) is 15.5. The minimum Gasteiger partial charge on any atom is -0.342 e. The predicted molar refractivity (Wildman–Crippen MR) is 93.7 cm³/mol. The minimum absolute atomic E-state index is 0.0728. The molecular formula is C16H24N4O4S. The van der Waals surface area contributed by atoms with Crippen molar-refractivity contribution in [3.05, 3.63) is 29.8 Å². The monoisotopic (exact) mass is 368 g/mol. The number of nitrogens with one attached hydrogen (secondary N) is 1. The van der Waals surface area contributed by atoms with Crippen molar-refractivity contribution in [2.45, 2.75) is 4.90 Å². The number of amides is 2. The second kappa shape index (κ2) is 8.41. The molecule has 1 aliphatic heterocycles. The Kier molecular flexibility index (Phi) is 6.51. The Bertz CT molecular complexity index is 713. The molecular weight excluding hydrogens is 344 g/mol. The molecule has 9 heteroatoms. The highest BCUT2D eigenvalue weighted by molar-refractivity contribution is 7.89. The number of sulfonamides is 1. The summed E-state index contributed by atoms with van der Waals surface area (Å²) in [4.78, 5) is 28.5. The molecule has 25 heavy (non-hydrogen) atoms. The first kappa shape index (κ1) is 19.4. The molecule has 1 aromatic rings. The minimum atomic E-state index is -3.66. The molecule has 0 bridgehead atoms. The van der Waals surface area contributed by atoms with Gasteiger partial charge in [0.05, 0.1) is 4.90 Å². The average molecular weight is 368 g/mol. The number of carbonyl (C=O) groups excluding carboxylic acids is 2. The molecule has 1 aliphatic rings. The maximum atomic E-state index is 12.6. The van der Waals surface area contributed by atoms with Crippen LogP contribution in [-0.2, 0) is 14.8 Å². The molecule has 2 rings (SSSR count). The summed E-state index contributed by atoms with van der Waals surface area (Å²) in [5.41, 5.74) is 0.329. The van der Waals surface area contributed by atoms with E-state index >= 15 is 0 Å². The van der Waals surface area contributed by atoms with E-state index in [1.807, 2.05) is 19.0 Å². The Morgan fingerprint density at radius 2 is 1.92 bits per heavy atom. The fourth-order valence-corrected chi connectivity index (χ4v) is 3.56. The third-order valence-electron chi connectivity index (χ3n) is 3.99. The van der Waals surface area contributed by atoms with Gasteiger partial charge in [-0.2, -0.15) is 0 Å². The molecule has 0 aliphatic carbocycles. The summed E-state index contributed by atoms with van der Waals surface area (Å²) in [6.45, 7) is 2.73. The molecule has 2 amide bonds. The highest BCUT2D eigenvalue weighted by Gasteiger charge is 2.23. The van der Waals surface area contributed by atoms with Crippen molar-refractivity contribution in [1.82, 2.24) is 19.4 Å². The highest BCUT2D eigenvalue weighted by atomic mass is 32.2. The number of benzene rings is 1. The van der Waals surface area contributed by atoms with Gasteiger partial charge in [-0.1, -0.05) is 6.07 Å². The van der Waals surface area contributed by atoms with E-state index in [4.69, 9.17) is 0 Å². The lowest BCUT2D eigenvalue weighted by Gasteiger charge is -2.32. The molecule has 0 radical (unpaired) electrons. The average Bonchev–Trinajstić information content (AvgIpc) is 2.61. The number of nitrogens with zero attached hydrogens (tertiary/aromatic N) is 3. The van der Waals surface area contributed by atoms with Crippen LogP contribution in [0.4, 0.5) is 0 Å². The fourth-order valence-electron chi connectivity index (χ4n) is 2.50. The lowest BCUT2D eigenvalue weighted by Crippen LogP contribution is -2.48. The quantitative estimate of drug-likeness (QED) is 0.652. The second-order valence-corrected chi connectivity index (χ2v) is 7.93. The smallest absolute Gasteiger partial charge is 0.254 e. The Balaban J connectivity index is 2.07. The zero-order valence-corrected chi connectivity index (χ0v) is 15.3. The van der Waals surface area contributed by atoms with Gasteiger partial charge in [0.1, 0.15) is 0 Å². The van der Waals surface area contributed by atoms with Crippen LogP contribution in [0.3, 0.4) is 0 Å². The lowest BCUT2D eigenvalue weighted by molar-refractivity contribution is -0.119. The van der Waals surface area contributed by atoms with Gasteiger partial charge in [-0.05, 0) is 32.3 Å². The number of hydrogen-bond acceptors (Lipinski definition) is 5. The van der Waals surface area contributed by atoms with Crippen molar-refractivity contribution >= 4 is 22.3 Å². The van der Waals surface area contributed by atoms with Gasteiger partial charge in [0.15, 0.2) is 0 Å². The number of likely N-dealkylation sites (N-methyl/N-ethyl adjacent to an activating group) is 1. The second-order valence-electron chi connectivity index (χ2n) is 6.16. The van der Waals surface area contributed by atoms with E-state index in [1.54, 1.807) is 21.9 Å². The number of carbonyl (C=O) groups is 2. The van der Waals surface area contributed by atoms with E-state index in [0.717, 1.165) is 6.41 Å². The van der Waals surface area contributed by atoms with Crippen LogP contribution in [0.15, 0.2) is 29.2 Å². The van der Waals surface area contributed by atoms with Gasteiger partial charge < -0.3 is 14.7 Å². The Morgan fingerprint density at radius 1 is 1.24 bits per heavy atom. The Hall–Kier alpha value is -1.97. The molecule has 0 spiro atoms. The zero-order valence-electron chi connectivity index (χ0n) is 14.5. The van der Waals surface area contributed by atoms with E-state index in [2.05, 4.69) is 4.72 Å². The van der Waals surface area contributed by atoms with E-state index in [-0.39, 0.29) is 10.8 Å². The maximum Gasteiger partial charge on any atom is 0.254 e. The third-order valence-corrected chi connectivity index (χ3v) is 5.45. The van der Waals surface area contributed by atoms with Crippen LogP contribution >= 0.6 is 0 Å². The van der Waals surface area contributed by atoms with E-state index in [9.17, 15) is 18.0 Å². The van der Waals surface area contributed by atoms with Crippen LogP contribution < -0.4 is 4.72 Å². The molecule has 0 aromatic heterocycles. The van der Waals surface area contributed by atoms with E-state index < -0.39 is 10.0 Å². The molecule has 1 saturated heterocycles. The Labute approximate surface area is 148 Å². The summed E-state index contributed by atoms with van der Waals surface area (Å²) in [6.07, 6.45) is 0.772. The molecule has 0 unspecified atom stereocenters. The summed E-state index contributed by atoms with van der Waals surface area (Å²) in [5.74, 6) is -0.226. The molecule has 138 valence electrons. The lowest BCUT2D eigenvalue weighted by atomic mass is 10.2. The van der Waals surface area contributed by atoms with Crippen LogP contribution in [0.25, 0.3) is 0 Å². The van der Waals surface area contributed by atoms with Crippen molar-refractivity contribution in [2.24, 2.45) is 0 Å². The first-order valence-corrected chi connectivity index (χ1v) is 9.55. The molecule has 1 N–H and O–H groups in total.